The summed E-state index contributed by atoms with van der Waals surface area (Å²) in [5, 5.41) is 11.1. The Hall–Kier alpha value is -2.78. The zero-order valence-corrected chi connectivity index (χ0v) is 21.0. The lowest BCUT2D eigenvalue weighted by Crippen LogP contribution is -2.26. The molecule has 186 valence electrons. The van der Waals surface area contributed by atoms with Gasteiger partial charge in [-0.15, -0.1) is 0 Å². The Morgan fingerprint density at radius 1 is 1.09 bits per heavy atom. The van der Waals surface area contributed by atoms with Gasteiger partial charge in [0.25, 0.3) is 5.69 Å². The third-order valence-corrected chi connectivity index (χ3v) is 7.34. The first-order valence-electron chi connectivity index (χ1n) is 11.7. The number of aldehydes is 1. The van der Waals surface area contributed by atoms with Gasteiger partial charge in [0.15, 0.2) is 0 Å². The number of rotatable bonds is 15. The molecule has 0 bridgehead atoms. The third kappa shape index (κ3) is 8.22. The number of non-ortho nitro benzene ring substituents is 1. The third-order valence-electron chi connectivity index (χ3n) is 5.78. The lowest BCUT2D eigenvalue weighted by molar-refractivity contribution is -0.384. The number of hydrogen-bond donors (Lipinski definition) is 1. The molecule has 0 heterocycles. The second kappa shape index (κ2) is 13.2. The van der Waals surface area contributed by atoms with E-state index in [9.17, 15) is 23.3 Å². The van der Waals surface area contributed by atoms with Crippen molar-refractivity contribution < 1.29 is 18.1 Å². The number of benzene rings is 2. The summed E-state index contributed by atoms with van der Waals surface area (Å²) in [5.41, 5.74) is 2.04. The SMILES string of the molecule is CCCCC(C=O)CCCCNS(=O)(=O)c1ccc(N(C)C)cc1Cc1cccc([N+](=O)[O-])c1. The molecule has 2 rings (SSSR count). The Kier molecular flexibility index (Phi) is 10.7. The molecule has 0 aliphatic carbocycles. The summed E-state index contributed by atoms with van der Waals surface area (Å²) in [6, 6.07) is 11.4. The number of unbranched alkanes of at least 4 members (excludes halogenated alkanes) is 2. The predicted octanol–water partition coefficient (Wildman–Crippen LogP) is 4.71. The van der Waals surface area contributed by atoms with Crippen molar-refractivity contribution >= 4 is 27.7 Å². The Balaban J connectivity index is 2.14. The zero-order valence-electron chi connectivity index (χ0n) is 20.2. The van der Waals surface area contributed by atoms with Gasteiger partial charge in [0, 0.05) is 44.4 Å². The van der Waals surface area contributed by atoms with Crippen molar-refractivity contribution in [2.24, 2.45) is 5.92 Å². The molecule has 0 fully saturated rings. The smallest absolute Gasteiger partial charge is 0.269 e. The zero-order chi connectivity index (χ0) is 25.1. The fourth-order valence-corrected chi connectivity index (χ4v) is 5.10. The molecule has 0 aromatic heterocycles. The number of hydrogen-bond acceptors (Lipinski definition) is 6. The molecule has 1 atom stereocenters. The van der Waals surface area contributed by atoms with Gasteiger partial charge in [-0.25, -0.2) is 13.1 Å². The van der Waals surface area contributed by atoms with E-state index in [1.165, 1.54) is 12.1 Å². The number of nitro groups is 1. The Morgan fingerprint density at radius 3 is 2.47 bits per heavy atom. The van der Waals surface area contributed by atoms with E-state index in [1.807, 2.05) is 19.0 Å². The number of nitrogens with zero attached hydrogens (tertiary/aromatic N) is 2. The van der Waals surface area contributed by atoms with Crippen LogP contribution in [0.2, 0.25) is 0 Å². The first kappa shape index (κ1) is 27.5. The fraction of sp³-hybridized carbons (Fsp3) is 0.480. The molecule has 0 saturated heterocycles. The van der Waals surface area contributed by atoms with Crippen LogP contribution < -0.4 is 9.62 Å². The minimum atomic E-state index is -3.77. The van der Waals surface area contributed by atoms with Gasteiger partial charge < -0.3 is 9.69 Å². The molecule has 34 heavy (non-hydrogen) atoms. The molecule has 0 aliphatic rings. The average molecular weight is 490 g/mol. The van der Waals surface area contributed by atoms with Crippen molar-refractivity contribution in [3.05, 3.63) is 63.7 Å². The lowest BCUT2D eigenvalue weighted by Gasteiger charge is -2.17. The summed E-state index contributed by atoms with van der Waals surface area (Å²) < 4.78 is 28.9. The summed E-state index contributed by atoms with van der Waals surface area (Å²) in [7, 11) is -0.0382. The van der Waals surface area contributed by atoms with Gasteiger partial charge in [-0.05, 0) is 55.0 Å². The van der Waals surface area contributed by atoms with E-state index in [0.717, 1.165) is 44.1 Å². The molecule has 0 saturated carbocycles. The summed E-state index contributed by atoms with van der Waals surface area (Å²) in [4.78, 5) is 23.9. The Labute approximate surface area is 202 Å². The van der Waals surface area contributed by atoms with Crippen molar-refractivity contribution in [2.75, 3.05) is 25.5 Å². The van der Waals surface area contributed by atoms with E-state index in [-0.39, 0.29) is 29.5 Å². The Morgan fingerprint density at radius 2 is 1.82 bits per heavy atom. The number of carbonyl (C=O) groups is 1. The van der Waals surface area contributed by atoms with Crippen LogP contribution in [0.4, 0.5) is 11.4 Å². The van der Waals surface area contributed by atoms with Crippen LogP contribution in [0.3, 0.4) is 0 Å². The summed E-state index contributed by atoms with van der Waals surface area (Å²) in [6.07, 6.45) is 6.39. The maximum Gasteiger partial charge on any atom is 0.269 e. The quantitative estimate of drug-likeness (QED) is 0.168. The molecule has 2 aromatic rings. The average Bonchev–Trinajstić information content (AvgIpc) is 2.80. The molecule has 0 radical (unpaired) electrons. The Bertz CT molecular complexity index is 1070. The topological polar surface area (TPSA) is 110 Å². The van der Waals surface area contributed by atoms with Gasteiger partial charge in [-0.3, -0.25) is 10.1 Å². The van der Waals surface area contributed by atoms with Crippen LogP contribution in [-0.2, 0) is 21.2 Å². The second-order valence-corrected chi connectivity index (χ2v) is 10.5. The first-order chi connectivity index (χ1) is 16.2. The van der Waals surface area contributed by atoms with Crippen LogP contribution in [-0.4, -0.2) is 40.3 Å². The van der Waals surface area contributed by atoms with Crippen LogP contribution in [0.5, 0.6) is 0 Å². The largest absolute Gasteiger partial charge is 0.378 e. The van der Waals surface area contributed by atoms with Crippen molar-refractivity contribution in [3.63, 3.8) is 0 Å². The summed E-state index contributed by atoms with van der Waals surface area (Å²) in [5.74, 6) is 0.0386. The van der Waals surface area contributed by atoms with E-state index < -0.39 is 14.9 Å². The molecule has 0 aliphatic heterocycles. The predicted molar refractivity (Wildman–Crippen MR) is 135 cm³/mol. The molecular formula is C25H35N3O5S. The van der Waals surface area contributed by atoms with Crippen LogP contribution >= 0.6 is 0 Å². The summed E-state index contributed by atoms with van der Waals surface area (Å²) in [6.45, 7) is 2.38. The van der Waals surface area contributed by atoms with Crippen molar-refractivity contribution in [1.29, 1.82) is 0 Å². The van der Waals surface area contributed by atoms with Crippen LogP contribution in [0, 0.1) is 16.0 Å². The lowest BCUT2D eigenvalue weighted by atomic mass is 9.97. The molecule has 1 unspecified atom stereocenters. The highest BCUT2D eigenvalue weighted by molar-refractivity contribution is 7.89. The van der Waals surface area contributed by atoms with Crippen LogP contribution in [0.25, 0.3) is 0 Å². The monoisotopic (exact) mass is 489 g/mol. The standard InChI is InChI=1S/C25H35N3O5S/c1-4-5-9-20(19-29)10-6-7-15-26-34(32,33)25-14-13-23(27(2)3)18-22(25)16-21-11-8-12-24(17-21)28(30)31/h8,11-14,17-20,26H,4-7,9-10,15-16H2,1-3H3. The van der Waals surface area contributed by atoms with Crippen LogP contribution in [0.1, 0.15) is 56.6 Å². The van der Waals surface area contributed by atoms with Gasteiger partial charge in [0.2, 0.25) is 10.0 Å². The molecule has 9 heteroatoms. The van der Waals surface area contributed by atoms with Gasteiger partial charge in [0.05, 0.1) is 9.82 Å². The second-order valence-electron chi connectivity index (χ2n) is 8.72. The molecule has 8 nitrogen and oxygen atoms in total. The van der Waals surface area contributed by atoms with Gasteiger partial charge in [0.1, 0.15) is 6.29 Å². The summed E-state index contributed by atoms with van der Waals surface area (Å²) >= 11 is 0. The molecule has 0 amide bonds. The maximum atomic E-state index is 13.1. The number of anilines is 1. The number of carbonyl (C=O) groups excluding carboxylic acids is 1. The van der Waals surface area contributed by atoms with E-state index in [2.05, 4.69) is 11.6 Å². The van der Waals surface area contributed by atoms with Crippen molar-refractivity contribution in [1.82, 2.24) is 4.72 Å². The van der Waals surface area contributed by atoms with Crippen LogP contribution in [0.15, 0.2) is 47.4 Å². The van der Waals surface area contributed by atoms with Gasteiger partial charge in [-0.1, -0.05) is 38.3 Å². The van der Waals surface area contributed by atoms with E-state index in [0.29, 0.717) is 17.5 Å². The minimum Gasteiger partial charge on any atom is -0.378 e. The van der Waals surface area contributed by atoms with E-state index in [4.69, 9.17) is 0 Å². The molecular weight excluding hydrogens is 454 g/mol. The number of nitrogens with one attached hydrogen (secondary N) is 1. The number of sulfonamides is 1. The highest BCUT2D eigenvalue weighted by atomic mass is 32.2. The van der Waals surface area contributed by atoms with Gasteiger partial charge >= 0.3 is 0 Å². The maximum absolute atomic E-state index is 13.1. The van der Waals surface area contributed by atoms with Crippen molar-refractivity contribution in [2.45, 2.75) is 56.8 Å². The molecule has 0 spiro atoms. The highest BCUT2D eigenvalue weighted by Crippen LogP contribution is 2.26. The molecule has 1 N–H and O–H groups in total. The molecule has 2 aromatic carbocycles. The highest BCUT2D eigenvalue weighted by Gasteiger charge is 2.20. The normalized spacial score (nSPS) is 12.3. The number of nitro benzene ring substituents is 1. The van der Waals surface area contributed by atoms with Gasteiger partial charge in [-0.2, -0.15) is 0 Å². The minimum absolute atomic E-state index is 0.0311. The van der Waals surface area contributed by atoms with Crippen molar-refractivity contribution in [3.8, 4) is 0 Å². The van der Waals surface area contributed by atoms with E-state index in [1.54, 1.807) is 30.3 Å². The van der Waals surface area contributed by atoms with E-state index >= 15 is 0 Å². The first-order valence-corrected chi connectivity index (χ1v) is 13.1. The fourth-order valence-electron chi connectivity index (χ4n) is 3.81.